The van der Waals surface area contributed by atoms with Crippen LogP contribution in [0.5, 0.6) is 0 Å². The molecule has 1 aromatic heterocycles. The lowest BCUT2D eigenvalue weighted by atomic mass is 11.0. The summed E-state index contributed by atoms with van der Waals surface area (Å²) in [7, 11) is 0. The van der Waals surface area contributed by atoms with Crippen LogP contribution in [0.2, 0.25) is 0 Å². The van der Waals surface area contributed by atoms with Crippen molar-refractivity contribution in [3.05, 3.63) is 12.7 Å². The van der Waals surface area contributed by atoms with E-state index in [-0.39, 0.29) is 0 Å². The minimum atomic E-state index is 0.331. The van der Waals surface area contributed by atoms with Gasteiger partial charge in [-0.25, -0.2) is 4.98 Å². The third-order valence-corrected chi connectivity index (χ3v) is 0.932. The zero-order chi connectivity index (χ0) is 6.81. The Balaban J connectivity index is 2.30. The largest absolute Gasteiger partial charge is 0.294 e. The number of aromatic nitrogens is 3. The fourth-order valence-electron chi connectivity index (χ4n) is 0.543. The summed E-state index contributed by atoms with van der Waals surface area (Å²) in [6.45, 7) is 0. The highest BCUT2D eigenvalue weighted by Gasteiger charge is 2.07. The minimum Gasteiger partial charge on any atom is -0.223 e. The Morgan fingerprint density at radius 2 is 2.30 bits per heavy atom. The van der Waals surface area contributed by atoms with E-state index in [1.165, 1.54) is 17.3 Å². The summed E-state index contributed by atoms with van der Waals surface area (Å²) in [6.07, 6.45) is 2.86. The van der Waals surface area contributed by atoms with Gasteiger partial charge in [0.15, 0.2) is 0 Å². The Labute approximate surface area is 55.4 Å². The maximum absolute atomic E-state index is 3.76. The Bertz CT molecular complexity index is 269. The first-order valence-electron chi connectivity index (χ1n) is 2.50. The predicted octanol–water partition coefficient (Wildman–Crippen LogP) is -0.618. The molecule has 7 nitrogen and oxygen atoms in total. The first kappa shape index (κ1) is 5.03. The molecule has 0 unspecified atom stereocenters. The van der Waals surface area contributed by atoms with E-state index in [2.05, 4.69) is 31.1 Å². The molecule has 0 aliphatic carbocycles. The van der Waals surface area contributed by atoms with Crippen LogP contribution in [0.4, 0.5) is 0 Å². The standard InChI is InChI=1S/C3H2N7/c1-4-2-10(5-1)3-6-8-9-7-3/h1-2H. The molecule has 0 bridgehead atoms. The lowest BCUT2D eigenvalue weighted by Gasteiger charge is -1.90. The summed E-state index contributed by atoms with van der Waals surface area (Å²) in [6, 6.07) is 0. The van der Waals surface area contributed by atoms with Gasteiger partial charge in [0.05, 0.1) is 0 Å². The highest BCUT2D eigenvalue weighted by molar-refractivity contribution is 5.80. The number of rotatable bonds is 0. The summed E-state index contributed by atoms with van der Waals surface area (Å²) in [5.41, 5.74) is 3.55. The lowest BCUT2D eigenvalue weighted by molar-refractivity contribution is 0.849. The van der Waals surface area contributed by atoms with E-state index < -0.39 is 0 Å². The van der Waals surface area contributed by atoms with Crippen LogP contribution in [0.25, 0.3) is 0 Å². The minimum absolute atomic E-state index is 0.331. The molecular weight excluding hydrogens is 134 g/mol. The van der Waals surface area contributed by atoms with E-state index in [4.69, 9.17) is 0 Å². The molecule has 2 heterocycles. The second-order valence-corrected chi connectivity index (χ2v) is 1.52. The van der Waals surface area contributed by atoms with Crippen molar-refractivity contribution in [2.75, 3.05) is 0 Å². The summed E-state index contributed by atoms with van der Waals surface area (Å²) < 4.78 is 1.38. The van der Waals surface area contributed by atoms with Crippen LogP contribution in [-0.2, 0) is 0 Å². The van der Waals surface area contributed by atoms with Gasteiger partial charge < -0.3 is 0 Å². The molecule has 0 atom stereocenters. The molecule has 0 spiro atoms. The van der Waals surface area contributed by atoms with Gasteiger partial charge in [-0.3, -0.25) is 0 Å². The smallest absolute Gasteiger partial charge is 0.223 e. The van der Waals surface area contributed by atoms with Crippen LogP contribution < -0.4 is 5.43 Å². The molecule has 0 saturated carbocycles. The molecular formula is C3H2N7. The maximum atomic E-state index is 3.76. The van der Waals surface area contributed by atoms with Crippen LogP contribution in [0.1, 0.15) is 0 Å². The maximum Gasteiger partial charge on any atom is 0.294 e. The third kappa shape index (κ3) is 0.642. The van der Waals surface area contributed by atoms with Crippen molar-refractivity contribution < 1.29 is 0 Å². The normalized spacial score (nSPS) is 15.0. The SMILES string of the molecule is c1ncn(C2=NN=N[N]2)n1. The second-order valence-electron chi connectivity index (χ2n) is 1.52. The first-order valence-corrected chi connectivity index (χ1v) is 2.50. The van der Waals surface area contributed by atoms with Crippen molar-refractivity contribution in [2.24, 2.45) is 15.5 Å². The highest BCUT2D eigenvalue weighted by atomic mass is 15.7. The predicted molar refractivity (Wildman–Crippen MR) is 29.8 cm³/mol. The lowest BCUT2D eigenvalue weighted by Crippen LogP contribution is -2.17. The first-order chi connectivity index (χ1) is 4.97. The van der Waals surface area contributed by atoms with Crippen molar-refractivity contribution in [1.29, 1.82) is 0 Å². The van der Waals surface area contributed by atoms with Crippen molar-refractivity contribution in [3.63, 3.8) is 0 Å². The summed E-state index contributed by atoms with van der Waals surface area (Å²) in [5.74, 6) is 0.331. The summed E-state index contributed by atoms with van der Waals surface area (Å²) in [4.78, 5) is 3.69. The zero-order valence-electron chi connectivity index (χ0n) is 4.79. The Hall–Kier alpha value is -1.79. The van der Waals surface area contributed by atoms with Crippen LogP contribution in [0, 0.1) is 0 Å². The van der Waals surface area contributed by atoms with E-state index in [1.807, 2.05) is 0 Å². The molecule has 0 amide bonds. The van der Waals surface area contributed by atoms with Crippen LogP contribution >= 0.6 is 0 Å². The van der Waals surface area contributed by atoms with E-state index in [0.717, 1.165) is 0 Å². The van der Waals surface area contributed by atoms with E-state index in [1.54, 1.807) is 0 Å². The van der Waals surface area contributed by atoms with Gasteiger partial charge in [0, 0.05) is 0 Å². The molecule has 10 heavy (non-hydrogen) atoms. The Morgan fingerprint density at radius 1 is 1.30 bits per heavy atom. The van der Waals surface area contributed by atoms with Gasteiger partial charge in [-0.15, -0.1) is 0 Å². The monoisotopic (exact) mass is 136 g/mol. The van der Waals surface area contributed by atoms with Crippen molar-refractivity contribution in [2.45, 2.75) is 0 Å². The van der Waals surface area contributed by atoms with Crippen LogP contribution in [0.3, 0.4) is 0 Å². The van der Waals surface area contributed by atoms with Gasteiger partial charge in [-0.1, -0.05) is 10.5 Å². The summed E-state index contributed by atoms with van der Waals surface area (Å²) in [5, 5.41) is 13.9. The molecule has 1 aromatic rings. The van der Waals surface area contributed by atoms with E-state index in [0.29, 0.717) is 5.96 Å². The molecule has 1 aliphatic rings. The van der Waals surface area contributed by atoms with Gasteiger partial charge >= 0.3 is 0 Å². The molecule has 0 saturated heterocycles. The fourth-order valence-corrected chi connectivity index (χ4v) is 0.543. The average Bonchev–Trinajstić information content (AvgIpc) is 2.59. The van der Waals surface area contributed by atoms with Crippen LogP contribution in [-0.4, -0.2) is 20.7 Å². The highest BCUT2D eigenvalue weighted by Crippen LogP contribution is 1.91. The van der Waals surface area contributed by atoms with Gasteiger partial charge in [-0.05, 0) is 10.4 Å². The number of nitrogens with zero attached hydrogens (tertiary/aromatic N) is 7. The quantitative estimate of drug-likeness (QED) is 0.476. The fraction of sp³-hybridized carbons (Fsp3) is 0. The molecule has 0 N–H and O–H groups in total. The molecule has 7 heteroatoms. The molecule has 1 radical (unpaired) electrons. The molecule has 0 aromatic carbocycles. The Kier molecular flexibility index (Phi) is 0.938. The van der Waals surface area contributed by atoms with Crippen LogP contribution in [0.15, 0.2) is 28.2 Å². The summed E-state index contributed by atoms with van der Waals surface area (Å²) >= 11 is 0. The average molecular weight is 136 g/mol. The third-order valence-electron chi connectivity index (χ3n) is 0.932. The zero-order valence-corrected chi connectivity index (χ0v) is 4.79. The van der Waals surface area contributed by atoms with Gasteiger partial charge in [0.25, 0.3) is 5.96 Å². The van der Waals surface area contributed by atoms with Crippen molar-refractivity contribution >= 4 is 5.96 Å². The van der Waals surface area contributed by atoms with E-state index in [9.17, 15) is 0 Å². The van der Waals surface area contributed by atoms with Gasteiger partial charge in [0.1, 0.15) is 12.7 Å². The van der Waals surface area contributed by atoms with Crippen molar-refractivity contribution in [3.8, 4) is 0 Å². The number of hydrogen-bond acceptors (Lipinski definition) is 5. The molecule has 1 aliphatic heterocycles. The molecule has 49 valence electrons. The van der Waals surface area contributed by atoms with Gasteiger partial charge in [-0.2, -0.15) is 9.78 Å². The topological polar surface area (TPSA) is 81.9 Å². The Morgan fingerprint density at radius 3 is 2.90 bits per heavy atom. The van der Waals surface area contributed by atoms with Crippen molar-refractivity contribution in [1.82, 2.24) is 20.2 Å². The second kappa shape index (κ2) is 1.87. The van der Waals surface area contributed by atoms with Gasteiger partial charge in [0.2, 0.25) is 0 Å². The van der Waals surface area contributed by atoms with E-state index >= 15 is 0 Å². The molecule has 0 fully saturated rings. The molecule has 2 rings (SSSR count). The number of hydrogen-bond donors (Lipinski definition) is 0.